The van der Waals surface area contributed by atoms with Crippen LogP contribution in [0.1, 0.15) is 130 Å². The summed E-state index contributed by atoms with van der Waals surface area (Å²) in [7, 11) is 5.73. The Hall–Kier alpha value is -12.8. The maximum atomic E-state index is 15.4. The van der Waals surface area contributed by atoms with Crippen molar-refractivity contribution in [2.45, 2.75) is 172 Å². The molecule has 8 aliphatic rings. The van der Waals surface area contributed by atoms with Crippen molar-refractivity contribution in [1.82, 2.24) is 52.3 Å². The van der Waals surface area contributed by atoms with Crippen molar-refractivity contribution in [3.63, 3.8) is 0 Å². The van der Waals surface area contributed by atoms with E-state index >= 15 is 8.78 Å². The number of hydrogen-bond acceptors (Lipinski definition) is 25. The second kappa shape index (κ2) is 49.4. The molecule has 696 valence electrons. The average Bonchev–Trinajstić information content (AvgIpc) is 1.59. The highest BCUT2D eigenvalue weighted by Gasteiger charge is 2.48. The molecule has 11 N–H and O–H groups in total. The molecule has 12 rings (SSSR count). The Morgan fingerprint density at radius 3 is 1.66 bits per heavy atom. The number of nitrogens with zero attached hydrogens (tertiary/aromatic N) is 4. The van der Waals surface area contributed by atoms with Crippen LogP contribution < -0.4 is 81.9 Å². The van der Waals surface area contributed by atoms with Crippen LogP contribution in [0.25, 0.3) is 0 Å². The van der Waals surface area contributed by atoms with Crippen LogP contribution in [0, 0.1) is 0 Å². The number of carboxylic acid groups (broad SMARTS) is 1. The zero-order valence-electron chi connectivity index (χ0n) is 72.7. The van der Waals surface area contributed by atoms with Crippen molar-refractivity contribution < 1.29 is 128 Å². The van der Waals surface area contributed by atoms with Crippen LogP contribution in [0.5, 0.6) is 23.0 Å². The number of nitrogens with one attached hydrogen (secondary N) is 10. The van der Waals surface area contributed by atoms with Gasteiger partial charge >= 0.3 is 18.2 Å². The van der Waals surface area contributed by atoms with Gasteiger partial charge < -0.3 is 115 Å². The Labute approximate surface area is 738 Å². The molecule has 0 spiro atoms. The zero-order chi connectivity index (χ0) is 92.5. The number of carboxylic acids is 1. The van der Waals surface area contributed by atoms with Crippen LogP contribution in [0.4, 0.5) is 41.1 Å². The number of benzene rings is 4. The van der Waals surface area contributed by atoms with Crippen molar-refractivity contribution in [2.24, 2.45) is 0 Å². The van der Waals surface area contributed by atoms with Gasteiger partial charge in [0.15, 0.2) is 23.0 Å². The first-order valence-electron chi connectivity index (χ1n) is 42.3. The molecular weight excluding hydrogens is 1680 g/mol. The number of halogens is 2. The van der Waals surface area contributed by atoms with Gasteiger partial charge in [-0.2, -0.15) is 0 Å². The van der Waals surface area contributed by atoms with Gasteiger partial charge in [-0.15, -0.1) is 0 Å². The minimum Gasteiger partial charge on any atom is -0.493 e. The molecule has 39 nitrogen and oxygen atoms in total. The zero-order valence-corrected chi connectivity index (χ0v) is 72.7. The lowest BCUT2D eigenvalue weighted by Crippen LogP contribution is -2.56. The smallest absolute Gasteiger partial charge is 0.414 e. The van der Waals surface area contributed by atoms with Crippen LogP contribution in [0.15, 0.2) is 97.2 Å². The highest BCUT2D eigenvalue weighted by atomic mass is 19.1. The monoisotopic (exact) mass is 1790 g/mol. The third kappa shape index (κ3) is 29.1. The van der Waals surface area contributed by atoms with Gasteiger partial charge in [0.05, 0.1) is 121 Å². The molecular formula is C87H114F2N14O25. The summed E-state index contributed by atoms with van der Waals surface area (Å²) in [5.74, 6) is -9.48. The Kier molecular flexibility index (Phi) is 38.2. The SMILES string of the molecule is C=C(COCCOC)NCCCC[C@@H]1NC(=O)[C@H](C)NC(=O)[C@H](NC(=O)CCCNC(=O)/C=C\C(=O)O)CC(=O)N[C@@H](C)C(=O)N[C@@H](CCCCNC(=O)COCCOC)C(=O)Nc2ccc(cc2)COC(=O)N2C[C@@H]3C[C@@H](F)CN3C(=O)c3cc(OC)c(cc32)OCCCOc2cc3c(cc2OC)C(=O)N2C[C@H](F)C[C@H]2C(C)N3C(=O)OCc2ccc(cc2)NC1=O. The third-order valence-corrected chi connectivity index (χ3v) is 21.5. The number of alkyl halides is 2. The summed E-state index contributed by atoms with van der Waals surface area (Å²) in [5, 5.41) is 35.7. The Morgan fingerprint density at radius 1 is 0.555 bits per heavy atom. The highest BCUT2D eigenvalue weighted by Crippen LogP contribution is 2.44. The summed E-state index contributed by atoms with van der Waals surface area (Å²) in [6.07, 6.45) is -3.23. The van der Waals surface area contributed by atoms with Gasteiger partial charge in [0.25, 0.3) is 11.8 Å². The third-order valence-electron chi connectivity index (χ3n) is 21.5. The quantitative estimate of drug-likeness (QED) is 0.0252. The van der Waals surface area contributed by atoms with E-state index in [9.17, 15) is 67.1 Å². The van der Waals surface area contributed by atoms with E-state index in [4.69, 9.17) is 52.5 Å². The summed E-state index contributed by atoms with van der Waals surface area (Å²) in [4.78, 5) is 199. The molecule has 0 aromatic heterocycles. The van der Waals surface area contributed by atoms with Gasteiger partial charge in [-0.25, -0.2) is 23.2 Å². The summed E-state index contributed by atoms with van der Waals surface area (Å²) >= 11 is 0. The van der Waals surface area contributed by atoms with E-state index in [1.165, 1.54) is 110 Å². The lowest BCUT2D eigenvalue weighted by atomic mass is 10.1. The van der Waals surface area contributed by atoms with Gasteiger partial charge in [0.2, 0.25) is 53.2 Å². The predicted molar refractivity (Wildman–Crippen MR) is 458 cm³/mol. The number of ether oxygens (including phenoxy) is 10. The number of hydrogen-bond donors (Lipinski definition) is 11. The van der Waals surface area contributed by atoms with Crippen LogP contribution >= 0.6 is 0 Å². The van der Waals surface area contributed by atoms with Gasteiger partial charge in [-0.1, -0.05) is 30.8 Å². The molecule has 2 saturated heterocycles. The van der Waals surface area contributed by atoms with Crippen molar-refractivity contribution in [3.8, 4) is 23.0 Å². The fourth-order valence-electron chi connectivity index (χ4n) is 14.7. The molecule has 4 aromatic carbocycles. The summed E-state index contributed by atoms with van der Waals surface area (Å²) in [6, 6.07) is 8.19. The van der Waals surface area contributed by atoms with Gasteiger partial charge in [0.1, 0.15) is 62.4 Å². The van der Waals surface area contributed by atoms with Crippen LogP contribution in [-0.4, -0.2) is 279 Å². The number of rotatable bonds is 30. The van der Waals surface area contributed by atoms with Crippen LogP contribution in [0.2, 0.25) is 0 Å². The largest absolute Gasteiger partial charge is 0.493 e. The fraction of sp³-hybridized carbons (Fsp3) is 0.517. The molecule has 4 aromatic rings. The topological polar surface area (TPSA) is 485 Å². The van der Waals surface area contributed by atoms with Crippen LogP contribution in [0.3, 0.4) is 0 Å². The maximum Gasteiger partial charge on any atom is 0.414 e. The molecule has 10 atom stereocenters. The van der Waals surface area contributed by atoms with Crippen LogP contribution in [-0.2, 0) is 89.6 Å². The standard InChI is InChI=1S/C87H114F2N14O25/c1-51(47-123-35-33-119-5)90-28-11-9-15-65-82(113)96-60-24-20-56(21-25-60)49-128-87(118)103-54(4)67-38-58(89)45-101(67)85(116)63-40-71(122-8)73(43-69(63)103)126-32-14-31-125-72-42-68-62(39-70(72)121-7)84(115)100-44-57(88)37-61(100)46-102(68)86(117)127-48-55-18-22-59(23-19-55)95-81(112)64(16-10-12-29-92-77(107)50-124-36-34-120-6)98-79(110)52(2)93-76(106)41-66(83(114)94-53(3)80(111)99-65)97-75(105)17-13-30-91-74(104)26-27-78(108)109/h18-27,39-40,42-43,52-54,57-58,61,64-67,90H,1,9-17,28-38,41,44-50H2,2-8H3,(H,91,104)(H,92,107)(H,93,106)(H,94,114)(H,95,112)(H,96,113)(H,97,105)(H,98,110)(H,99,111)(H,108,109)/b27-26-/t52-,53-,54?,57+,58+,61-,64-,65-,66+,67-/m0/s1. The van der Waals surface area contributed by atoms with Crippen molar-refractivity contribution in [1.29, 1.82) is 0 Å². The van der Waals surface area contributed by atoms with E-state index in [1.54, 1.807) is 31.2 Å². The van der Waals surface area contributed by atoms with Crippen molar-refractivity contribution in [3.05, 3.63) is 119 Å². The molecule has 41 heteroatoms. The second-order valence-corrected chi connectivity index (χ2v) is 31.1. The lowest BCUT2D eigenvalue weighted by Gasteiger charge is -2.33. The van der Waals surface area contributed by atoms with Gasteiger partial charge in [0, 0.05) is 107 Å². The van der Waals surface area contributed by atoms with Gasteiger partial charge in [-0.05, 0) is 113 Å². The average molecular weight is 1790 g/mol. The number of carbonyl (C=O) groups is 14. The highest BCUT2D eigenvalue weighted by molar-refractivity contribution is 6.08. The first-order chi connectivity index (χ1) is 61.4. The minimum absolute atomic E-state index is 0.0115. The maximum absolute atomic E-state index is 15.4. The second-order valence-electron chi connectivity index (χ2n) is 31.1. The van der Waals surface area contributed by atoms with Gasteiger partial charge in [-0.3, -0.25) is 62.5 Å². The number of amides is 13. The number of aliphatic carboxylic acids is 1. The normalized spacial score (nSPS) is 21.9. The molecule has 0 radical (unpaired) electrons. The number of methoxy groups -OCH3 is 4. The Balaban J connectivity index is 1.00. The Morgan fingerprint density at radius 2 is 1.08 bits per heavy atom. The van der Waals surface area contributed by atoms with Crippen molar-refractivity contribution in [2.75, 3.05) is 141 Å². The van der Waals surface area contributed by atoms with E-state index in [1.807, 2.05) is 0 Å². The predicted octanol–water partition coefficient (Wildman–Crippen LogP) is 4.53. The van der Waals surface area contributed by atoms with Crippen molar-refractivity contribution >= 4 is 106 Å². The summed E-state index contributed by atoms with van der Waals surface area (Å²) in [5.41, 5.74) is 1.96. The van der Waals surface area contributed by atoms with E-state index < -0.39 is 150 Å². The van der Waals surface area contributed by atoms with E-state index in [0.717, 1.165) is 6.08 Å². The minimum atomic E-state index is -1.78. The van der Waals surface area contributed by atoms with E-state index in [-0.39, 0.29) is 194 Å². The fourth-order valence-corrected chi connectivity index (χ4v) is 14.7. The molecule has 13 amide bonds. The first kappa shape index (κ1) is 99.0. The molecule has 128 heavy (non-hydrogen) atoms. The van der Waals surface area contributed by atoms with E-state index in [2.05, 4.69) is 59.7 Å². The lowest BCUT2D eigenvalue weighted by molar-refractivity contribution is -0.135. The molecule has 0 saturated carbocycles. The molecule has 8 aliphatic heterocycles. The number of fused-ring (bicyclic) bond motifs is 2. The number of anilines is 4. The molecule has 0 aliphatic carbocycles. The molecule has 1 unspecified atom stereocenters. The number of carbonyl (C=O) groups excluding carboxylic acids is 13. The Bertz CT molecular complexity index is 4620. The molecule has 2 fully saturated rings. The van der Waals surface area contributed by atoms with E-state index in [0.29, 0.717) is 61.9 Å². The first-order valence-corrected chi connectivity index (χ1v) is 42.3. The summed E-state index contributed by atoms with van der Waals surface area (Å²) < 4.78 is 87.5. The molecule has 8 heterocycles. The molecule has 8 bridgehead atoms. The summed E-state index contributed by atoms with van der Waals surface area (Å²) in [6.45, 7) is 8.18. The number of unbranched alkanes of at least 4 members (excludes halogenated alkanes) is 2.